The first-order chi connectivity index (χ1) is 12.5. The predicted molar refractivity (Wildman–Crippen MR) is 97.6 cm³/mol. The Morgan fingerprint density at radius 2 is 2.31 bits per heavy atom. The Bertz CT molecular complexity index is 780. The van der Waals surface area contributed by atoms with Gasteiger partial charge in [0.05, 0.1) is 25.5 Å². The van der Waals surface area contributed by atoms with Crippen molar-refractivity contribution in [3.8, 4) is 5.75 Å². The Kier molecular flexibility index (Phi) is 5.45. The van der Waals surface area contributed by atoms with Crippen molar-refractivity contribution in [3.63, 3.8) is 0 Å². The van der Waals surface area contributed by atoms with Gasteiger partial charge >= 0.3 is 5.97 Å². The van der Waals surface area contributed by atoms with Crippen LogP contribution in [-0.4, -0.2) is 52.6 Å². The van der Waals surface area contributed by atoms with Gasteiger partial charge in [-0.15, -0.1) is 11.3 Å². The van der Waals surface area contributed by atoms with Crippen LogP contribution in [0, 0.1) is 5.41 Å². The Morgan fingerprint density at radius 1 is 1.50 bits per heavy atom. The average Bonchev–Trinajstić information content (AvgIpc) is 3.13. The standard InChI is InChI=1S/C18H22N2O5S/c1-25-14-4-2-3-12(7-14)8-18(16(23)24)11-20(6-5-15(18)22)17-19-13(9-21)10-26-17/h2-4,7,10,15,21-22H,5-6,8-9,11H2,1H3,(H,23,24)/t15-,18-/m1/s1. The largest absolute Gasteiger partial charge is 0.497 e. The summed E-state index contributed by atoms with van der Waals surface area (Å²) in [5, 5.41) is 32.2. The summed E-state index contributed by atoms with van der Waals surface area (Å²) in [6.07, 6.45) is -0.431. The topological polar surface area (TPSA) is 103 Å². The third-order valence-electron chi connectivity index (χ3n) is 4.84. The number of carboxylic acids is 1. The fourth-order valence-electron chi connectivity index (χ4n) is 3.36. The molecule has 2 atom stereocenters. The highest BCUT2D eigenvalue weighted by molar-refractivity contribution is 7.13. The molecule has 3 rings (SSSR count). The number of thiazole rings is 1. The zero-order valence-corrected chi connectivity index (χ0v) is 15.3. The van der Waals surface area contributed by atoms with Crippen LogP contribution in [0.25, 0.3) is 0 Å². The molecule has 0 unspecified atom stereocenters. The zero-order valence-electron chi connectivity index (χ0n) is 14.5. The van der Waals surface area contributed by atoms with E-state index in [4.69, 9.17) is 4.74 Å². The number of aliphatic hydroxyl groups is 2. The van der Waals surface area contributed by atoms with Crippen LogP contribution in [0.15, 0.2) is 29.6 Å². The SMILES string of the molecule is COc1cccc(C[C@@]2(C(=O)O)CN(c3nc(CO)cs3)CC[C@H]2O)c1. The maximum absolute atomic E-state index is 12.2. The minimum Gasteiger partial charge on any atom is -0.497 e. The lowest BCUT2D eigenvalue weighted by molar-refractivity contribution is -0.157. The molecule has 7 nitrogen and oxygen atoms in total. The number of methoxy groups -OCH3 is 1. The Labute approximate surface area is 155 Å². The van der Waals surface area contributed by atoms with Gasteiger partial charge in [-0.3, -0.25) is 4.79 Å². The highest BCUT2D eigenvalue weighted by atomic mass is 32.1. The second kappa shape index (κ2) is 7.61. The third-order valence-corrected chi connectivity index (χ3v) is 5.79. The van der Waals surface area contributed by atoms with Crippen LogP contribution in [0.3, 0.4) is 0 Å². The number of ether oxygens (including phenoxy) is 1. The number of carboxylic acid groups (broad SMARTS) is 1. The molecule has 2 aromatic rings. The molecule has 1 fully saturated rings. The molecule has 8 heteroatoms. The van der Waals surface area contributed by atoms with Crippen LogP contribution < -0.4 is 9.64 Å². The van der Waals surface area contributed by atoms with Gasteiger partial charge in [0.25, 0.3) is 0 Å². The number of anilines is 1. The minimum atomic E-state index is -1.34. The van der Waals surface area contributed by atoms with Crippen LogP contribution in [0.2, 0.25) is 0 Å². The molecule has 140 valence electrons. The van der Waals surface area contributed by atoms with Crippen molar-refractivity contribution in [2.24, 2.45) is 5.41 Å². The fraction of sp³-hybridized carbons (Fsp3) is 0.444. The monoisotopic (exact) mass is 378 g/mol. The van der Waals surface area contributed by atoms with E-state index in [1.807, 2.05) is 17.0 Å². The normalized spacial score (nSPS) is 23.0. The van der Waals surface area contributed by atoms with Crippen molar-refractivity contribution in [1.29, 1.82) is 0 Å². The summed E-state index contributed by atoms with van der Waals surface area (Å²) in [5.74, 6) is -0.380. The van der Waals surface area contributed by atoms with Gasteiger partial charge in [0, 0.05) is 18.5 Å². The van der Waals surface area contributed by atoms with E-state index in [-0.39, 0.29) is 19.6 Å². The maximum Gasteiger partial charge on any atom is 0.314 e. The summed E-state index contributed by atoms with van der Waals surface area (Å²) in [4.78, 5) is 18.4. The summed E-state index contributed by atoms with van der Waals surface area (Å²) in [6, 6.07) is 7.24. The number of hydrogen-bond donors (Lipinski definition) is 3. The van der Waals surface area contributed by atoms with Crippen molar-refractivity contribution in [2.45, 2.75) is 25.6 Å². The first kappa shape index (κ1) is 18.6. The van der Waals surface area contributed by atoms with Gasteiger partial charge in [-0.05, 0) is 30.5 Å². The molecule has 1 aromatic carbocycles. The molecule has 1 saturated heterocycles. The van der Waals surface area contributed by atoms with Gasteiger partial charge in [-0.2, -0.15) is 0 Å². The summed E-state index contributed by atoms with van der Waals surface area (Å²) in [7, 11) is 1.56. The fourth-order valence-corrected chi connectivity index (χ4v) is 4.21. The van der Waals surface area contributed by atoms with Gasteiger partial charge in [-0.1, -0.05) is 12.1 Å². The van der Waals surface area contributed by atoms with Crippen LogP contribution in [0.1, 0.15) is 17.7 Å². The van der Waals surface area contributed by atoms with Gasteiger partial charge in [0.1, 0.15) is 11.2 Å². The summed E-state index contributed by atoms with van der Waals surface area (Å²) >= 11 is 1.37. The molecule has 0 amide bonds. The van der Waals surface area contributed by atoms with E-state index >= 15 is 0 Å². The molecule has 2 heterocycles. The van der Waals surface area contributed by atoms with Crippen LogP contribution in [0.5, 0.6) is 5.75 Å². The quantitative estimate of drug-likeness (QED) is 0.700. The molecule has 0 spiro atoms. The van der Waals surface area contributed by atoms with Gasteiger partial charge in [-0.25, -0.2) is 4.98 Å². The Morgan fingerprint density at radius 3 is 2.96 bits per heavy atom. The number of nitrogens with zero attached hydrogens (tertiary/aromatic N) is 2. The molecule has 3 N–H and O–H groups in total. The van der Waals surface area contributed by atoms with E-state index in [2.05, 4.69) is 4.98 Å². The Hall–Kier alpha value is -2.16. The molecule has 1 aromatic heterocycles. The molecule has 26 heavy (non-hydrogen) atoms. The van der Waals surface area contributed by atoms with Crippen LogP contribution in [0.4, 0.5) is 5.13 Å². The first-order valence-corrected chi connectivity index (χ1v) is 9.21. The van der Waals surface area contributed by atoms with Crippen LogP contribution >= 0.6 is 11.3 Å². The third kappa shape index (κ3) is 3.53. The van der Waals surface area contributed by atoms with E-state index in [1.165, 1.54) is 11.3 Å². The van der Waals surface area contributed by atoms with Gasteiger partial charge < -0.3 is 25.0 Å². The molecule has 0 radical (unpaired) electrons. The van der Waals surface area contributed by atoms with E-state index in [9.17, 15) is 20.1 Å². The van der Waals surface area contributed by atoms with Crippen LogP contribution in [-0.2, 0) is 17.8 Å². The number of piperidine rings is 1. The van der Waals surface area contributed by atoms with Crippen molar-refractivity contribution < 1.29 is 24.9 Å². The highest BCUT2D eigenvalue weighted by Gasteiger charge is 2.49. The molecular weight excluding hydrogens is 356 g/mol. The molecule has 1 aliphatic rings. The van der Waals surface area contributed by atoms with Crippen molar-refractivity contribution in [3.05, 3.63) is 40.9 Å². The van der Waals surface area contributed by atoms with Crippen molar-refractivity contribution >= 4 is 22.4 Å². The minimum absolute atomic E-state index is 0.152. The van der Waals surface area contributed by atoms with E-state index < -0.39 is 17.5 Å². The first-order valence-electron chi connectivity index (χ1n) is 8.33. The molecule has 0 aliphatic carbocycles. The number of hydrogen-bond acceptors (Lipinski definition) is 7. The average molecular weight is 378 g/mol. The van der Waals surface area contributed by atoms with Crippen molar-refractivity contribution in [2.75, 3.05) is 25.1 Å². The summed E-state index contributed by atoms with van der Waals surface area (Å²) < 4.78 is 5.22. The Balaban J connectivity index is 1.90. The van der Waals surface area contributed by atoms with Gasteiger partial charge in [0.2, 0.25) is 0 Å². The van der Waals surface area contributed by atoms with E-state index in [0.717, 1.165) is 5.56 Å². The van der Waals surface area contributed by atoms with Crippen molar-refractivity contribution in [1.82, 2.24) is 4.98 Å². The lowest BCUT2D eigenvalue weighted by Gasteiger charge is -2.43. The number of carbonyl (C=O) groups is 1. The summed E-state index contributed by atoms with van der Waals surface area (Å²) in [6.45, 7) is 0.520. The number of aromatic nitrogens is 1. The molecule has 0 saturated carbocycles. The highest BCUT2D eigenvalue weighted by Crippen LogP contribution is 2.38. The molecular formula is C18H22N2O5S. The second-order valence-corrected chi connectivity index (χ2v) is 7.33. The lowest BCUT2D eigenvalue weighted by atomic mass is 9.73. The maximum atomic E-state index is 12.2. The smallest absolute Gasteiger partial charge is 0.314 e. The lowest BCUT2D eigenvalue weighted by Crippen LogP contribution is -2.57. The molecule has 0 bridgehead atoms. The number of benzene rings is 1. The number of aliphatic hydroxyl groups excluding tert-OH is 2. The number of rotatable bonds is 6. The second-order valence-electron chi connectivity index (χ2n) is 6.50. The van der Waals surface area contributed by atoms with Gasteiger partial charge in [0.15, 0.2) is 5.13 Å². The number of aliphatic carboxylic acids is 1. The van der Waals surface area contributed by atoms with E-state index in [0.29, 0.717) is 29.5 Å². The summed E-state index contributed by atoms with van der Waals surface area (Å²) in [5.41, 5.74) is 0.0167. The zero-order chi connectivity index (χ0) is 18.7. The van der Waals surface area contributed by atoms with E-state index in [1.54, 1.807) is 24.6 Å². The predicted octanol–water partition coefficient (Wildman–Crippen LogP) is 1.53. The molecule has 1 aliphatic heterocycles.